The summed E-state index contributed by atoms with van der Waals surface area (Å²) in [7, 11) is 3.12. The van der Waals surface area contributed by atoms with Crippen LogP contribution in [0.15, 0.2) is 54.6 Å². The molecule has 30 heavy (non-hydrogen) atoms. The normalized spacial score (nSPS) is 10.8. The zero-order valence-corrected chi connectivity index (χ0v) is 17.1. The van der Waals surface area contributed by atoms with Crippen molar-refractivity contribution in [2.24, 2.45) is 0 Å². The number of hydrogen-bond acceptors (Lipinski definition) is 5. The van der Waals surface area contributed by atoms with Gasteiger partial charge < -0.3 is 20.1 Å². The minimum absolute atomic E-state index is 0.217. The number of aromatic nitrogens is 1. The molecule has 7 heteroatoms. The van der Waals surface area contributed by atoms with Gasteiger partial charge in [0, 0.05) is 29.6 Å². The van der Waals surface area contributed by atoms with Crippen molar-refractivity contribution in [1.29, 1.82) is 0 Å². The molecule has 154 valence electrons. The van der Waals surface area contributed by atoms with Gasteiger partial charge in [0.25, 0.3) is 5.91 Å². The molecule has 2 N–H and O–H groups in total. The zero-order valence-electron chi connectivity index (χ0n) is 17.1. The van der Waals surface area contributed by atoms with Crippen molar-refractivity contribution in [2.75, 3.05) is 26.1 Å². The van der Waals surface area contributed by atoms with Gasteiger partial charge in [-0.3, -0.25) is 9.59 Å². The molecule has 2 amide bonds. The predicted molar refractivity (Wildman–Crippen MR) is 117 cm³/mol. The summed E-state index contributed by atoms with van der Waals surface area (Å²) in [4.78, 5) is 29.3. The number of rotatable bonds is 7. The van der Waals surface area contributed by atoms with Gasteiger partial charge in [-0.1, -0.05) is 18.2 Å². The van der Waals surface area contributed by atoms with Crippen molar-refractivity contribution >= 4 is 34.6 Å². The predicted octanol–water partition coefficient (Wildman–Crippen LogP) is 3.65. The van der Waals surface area contributed by atoms with Crippen molar-refractivity contribution < 1.29 is 19.1 Å². The first-order chi connectivity index (χ1) is 14.5. The standard InChI is InChI=1S/C23H23N3O4/c1-4-24-23(28)18-14-21(25-19-8-6-5-7-17(18)19)26-22(27)12-10-15-9-11-16(29-2)13-20(15)30-3/h5-14H,4H2,1-3H3,(H,24,28)(H,25,26,27). The Balaban J connectivity index is 1.85. The number of para-hydroxylation sites is 1. The van der Waals surface area contributed by atoms with Crippen LogP contribution in [-0.2, 0) is 4.79 Å². The van der Waals surface area contributed by atoms with Crippen molar-refractivity contribution in [3.05, 3.63) is 65.7 Å². The van der Waals surface area contributed by atoms with E-state index in [-0.39, 0.29) is 11.8 Å². The average Bonchev–Trinajstić information content (AvgIpc) is 2.77. The van der Waals surface area contributed by atoms with E-state index in [0.717, 1.165) is 10.9 Å². The zero-order chi connectivity index (χ0) is 21.5. The first kappa shape index (κ1) is 20.9. The molecule has 0 unspecified atom stereocenters. The SMILES string of the molecule is CCNC(=O)c1cc(NC(=O)C=Cc2ccc(OC)cc2OC)nc2ccccc12. The summed E-state index contributed by atoms with van der Waals surface area (Å²) in [5, 5.41) is 6.23. The van der Waals surface area contributed by atoms with Gasteiger partial charge in [0.05, 0.1) is 25.3 Å². The fourth-order valence-corrected chi connectivity index (χ4v) is 2.97. The number of carbonyl (C=O) groups excluding carboxylic acids is 2. The van der Waals surface area contributed by atoms with E-state index in [9.17, 15) is 9.59 Å². The molecule has 0 spiro atoms. The van der Waals surface area contributed by atoms with E-state index in [2.05, 4.69) is 15.6 Å². The number of hydrogen-bond donors (Lipinski definition) is 2. The molecule has 0 saturated heterocycles. The molecule has 3 aromatic rings. The molecule has 1 aromatic heterocycles. The topological polar surface area (TPSA) is 89.6 Å². The molecule has 0 aliphatic carbocycles. The Morgan fingerprint density at radius 3 is 2.60 bits per heavy atom. The minimum Gasteiger partial charge on any atom is -0.497 e. The van der Waals surface area contributed by atoms with E-state index in [1.807, 2.05) is 25.1 Å². The first-order valence-electron chi connectivity index (χ1n) is 9.44. The van der Waals surface area contributed by atoms with E-state index in [4.69, 9.17) is 9.47 Å². The second-order valence-corrected chi connectivity index (χ2v) is 6.36. The van der Waals surface area contributed by atoms with Crippen LogP contribution in [0.5, 0.6) is 11.5 Å². The number of carbonyl (C=O) groups is 2. The van der Waals surface area contributed by atoms with Gasteiger partial charge in [-0.25, -0.2) is 4.98 Å². The van der Waals surface area contributed by atoms with Gasteiger partial charge in [0.2, 0.25) is 5.91 Å². The van der Waals surface area contributed by atoms with Crippen LogP contribution < -0.4 is 20.1 Å². The fourth-order valence-electron chi connectivity index (χ4n) is 2.97. The Hall–Kier alpha value is -3.87. The number of benzene rings is 2. The highest BCUT2D eigenvalue weighted by molar-refractivity contribution is 6.08. The summed E-state index contributed by atoms with van der Waals surface area (Å²) >= 11 is 0. The smallest absolute Gasteiger partial charge is 0.252 e. The van der Waals surface area contributed by atoms with Crippen LogP contribution in [0.1, 0.15) is 22.8 Å². The number of nitrogens with zero attached hydrogens (tertiary/aromatic N) is 1. The van der Waals surface area contributed by atoms with Crippen molar-refractivity contribution in [3.63, 3.8) is 0 Å². The molecular formula is C23H23N3O4. The third kappa shape index (κ3) is 4.75. The monoisotopic (exact) mass is 405 g/mol. The highest BCUT2D eigenvalue weighted by Gasteiger charge is 2.13. The fraction of sp³-hybridized carbons (Fsp3) is 0.174. The molecule has 0 aliphatic heterocycles. The number of anilines is 1. The maximum absolute atomic E-state index is 12.4. The number of amides is 2. The lowest BCUT2D eigenvalue weighted by atomic mass is 10.1. The Kier molecular flexibility index (Phi) is 6.64. The van der Waals surface area contributed by atoms with E-state index < -0.39 is 0 Å². The number of nitrogens with one attached hydrogen (secondary N) is 2. The van der Waals surface area contributed by atoms with Gasteiger partial charge in [0.1, 0.15) is 17.3 Å². The third-order valence-electron chi connectivity index (χ3n) is 4.40. The molecule has 1 heterocycles. The van der Waals surface area contributed by atoms with Crippen molar-refractivity contribution in [2.45, 2.75) is 6.92 Å². The first-order valence-corrected chi connectivity index (χ1v) is 9.44. The quantitative estimate of drug-likeness (QED) is 0.586. The summed E-state index contributed by atoms with van der Waals surface area (Å²) in [6.45, 7) is 2.35. The number of methoxy groups -OCH3 is 2. The Morgan fingerprint density at radius 2 is 1.87 bits per heavy atom. The average molecular weight is 405 g/mol. The molecule has 7 nitrogen and oxygen atoms in total. The van der Waals surface area contributed by atoms with Gasteiger partial charge >= 0.3 is 0 Å². The molecular weight excluding hydrogens is 382 g/mol. The van der Waals surface area contributed by atoms with Crippen LogP contribution >= 0.6 is 0 Å². The molecule has 0 bridgehead atoms. The van der Waals surface area contributed by atoms with Crippen molar-refractivity contribution in [3.8, 4) is 11.5 Å². The molecule has 0 atom stereocenters. The van der Waals surface area contributed by atoms with Crippen LogP contribution in [0.3, 0.4) is 0 Å². The van der Waals surface area contributed by atoms with Gasteiger partial charge in [-0.2, -0.15) is 0 Å². The van der Waals surface area contributed by atoms with E-state index in [1.165, 1.54) is 6.08 Å². The van der Waals surface area contributed by atoms with Crippen LogP contribution in [0.25, 0.3) is 17.0 Å². The number of pyridine rings is 1. The molecule has 0 fully saturated rings. The van der Waals surface area contributed by atoms with Crippen molar-refractivity contribution in [1.82, 2.24) is 10.3 Å². The lowest BCUT2D eigenvalue weighted by Crippen LogP contribution is -2.23. The van der Waals surface area contributed by atoms with E-state index in [0.29, 0.717) is 34.9 Å². The summed E-state index contributed by atoms with van der Waals surface area (Å²) in [6.07, 6.45) is 3.02. The maximum atomic E-state index is 12.4. The second-order valence-electron chi connectivity index (χ2n) is 6.36. The highest BCUT2D eigenvalue weighted by atomic mass is 16.5. The summed E-state index contributed by atoms with van der Waals surface area (Å²) in [5.41, 5.74) is 1.80. The van der Waals surface area contributed by atoms with Crippen LogP contribution in [0.4, 0.5) is 5.82 Å². The lowest BCUT2D eigenvalue weighted by molar-refractivity contribution is -0.111. The third-order valence-corrected chi connectivity index (χ3v) is 4.40. The van der Waals surface area contributed by atoms with Gasteiger partial charge in [-0.15, -0.1) is 0 Å². The molecule has 0 aliphatic rings. The number of fused-ring (bicyclic) bond motifs is 1. The molecule has 2 aromatic carbocycles. The summed E-state index contributed by atoms with van der Waals surface area (Å²) < 4.78 is 10.5. The van der Waals surface area contributed by atoms with Crippen LogP contribution in [0, 0.1) is 0 Å². The van der Waals surface area contributed by atoms with E-state index in [1.54, 1.807) is 50.6 Å². The summed E-state index contributed by atoms with van der Waals surface area (Å²) in [5.74, 6) is 0.946. The van der Waals surface area contributed by atoms with E-state index >= 15 is 0 Å². The largest absolute Gasteiger partial charge is 0.497 e. The Morgan fingerprint density at radius 1 is 1.07 bits per heavy atom. The maximum Gasteiger partial charge on any atom is 0.252 e. The van der Waals surface area contributed by atoms with Gasteiger partial charge in [0.15, 0.2) is 0 Å². The summed E-state index contributed by atoms with van der Waals surface area (Å²) in [6, 6.07) is 14.2. The Labute approximate surface area is 174 Å². The van der Waals surface area contributed by atoms with Gasteiger partial charge in [-0.05, 0) is 37.3 Å². The molecule has 3 rings (SSSR count). The molecule has 0 saturated carbocycles. The Bertz CT molecular complexity index is 1110. The van der Waals surface area contributed by atoms with Crippen LogP contribution in [0.2, 0.25) is 0 Å². The number of ether oxygens (including phenoxy) is 2. The second kappa shape index (κ2) is 9.56. The highest BCUT2D eigenvalue weighted by Crippen LogP contribution is 2.26. The molecule has 0 radical (unpaired) electrons. The minimum atomic E-state index is -0.377. The lowest BCUT2D eigenvalue weighted by Gasteiger charge is -2.10. The van der Waals surface area contributed by atoms with Crippen LogP contribution in [-0.4, -0.2) is 37.6 Å².